The third kappa shape index (κ3) is 4.09. The molecule has 0 aliphatic rings. The molecule has 22 heavy (non-hydrogen) atoms. The van der Waals surface area contributed by atoms with Crippen molar-refractivity contribution < 1.29 is 9.90 Å². The Hall–Kier alpha value is -2.33. The molecule has 0 saturated heterocycles. The molecule has 2 aromatic carbocycles. The number of aryl methyl sites for hydroxylation is 1. The van der Waals surface area contributed by atoms with Gasteiger partial charge in [-0.2, -0.15) is 0 Å². The van der Waals surface area contributed by atoms with Crippen LogP contribution in [0.25, 0.3) is 0 Å². The van der Waals surface area contributed by atoms with Crippen LogP contribution in [-0.4, -0.2) is 11.1 Å². The smallest absolute Gasteiger partial charge is 0.315 e. The van der Waals surface area contributed by atoms with Crippen molar-refractivity contribution in [1.29, 1.82) is 0 Å². The van der Waals surface area contributed by atoms with E-state index in [-0.39, 0.29) is 18.7 Å². The highest BCUT2D eigenvalue weighted by Crippen LogP contribution is 2.16. The average molecular weight is 298 g/mol. The average Bonchev–Trinajstić information content (AvgIpc) is 2.53. The quantitative estimate of drug-likeness (QED) is 0.794. The number of carbonyl (C=O) groups is 1. The Morgan fingerprint density at radius 1 is 1.09 bits per heavy atom. The van der Waals surface area contributed by atoms with E-state index in [4.69, 9.17) is 0 Å². The van der Waals surface area contributed by atoms with Crippen LogP contribution in [0.1, 0.15) is 35.2 Å². The minimum Gasteiger partial charge on any atom is -0.392 e. The molecule has 116 valence electrons. The maximum absolute atomic E-state index is 12.0. The fraction of sp³-hybridized carbons (Fsp3) is 0.278. The van der Waals surface area contributed by atoms with Crippen molar-refractivity contribution in [2.24, 2.45) is 0 Å². The van der Waals surface area contributed by atoms with Gasteiger partial charge in [0.1, 0.15) is 0 Å². The fourth-order valence-electron chi connectivity index (χ4n) is 2.46. The number of benzene rings is 2. The third-order valence-electron chi connectivity index (χ3n) is 3.73. The number of aliphatic hydroxyl groups excluding tert-OH is 1. The molecule has 0 spiro atoms. The van der Waals surface area contributed by atoms with E-state index in [1.807, 2.05) is 62.4 Å². The zero-order chi connectivity index (χ0) is 15.9. The van der Waals surface area contributed by atoms with Gasteiger partial charge in [0.05, 0.1) is 12.6 Å². The van der Waals surface area contributed by atoms with E-state index in [1.165, 1.54) is 0 Å². The molecule has 2 amide bonds. The first-order valence-corrected chi connectivity index (χ1v) is 7.39. The summed E-state index contributed by atoms with van der Waals surface area (Å²) < 4.78 is 0. The van der Waals surface area contributed by atoms with Gasteiger partial charge in [-0.25, -0.2) is 4.79 Å². The van der Waals surface area contributed by atoms with E-state index in [0.717, 1.165) is 22.3 Å². The molecule has 0 aliphatic heterocycles. The lowest BCUT2D eigenvalue weighted by atomic mass is 10.0. The highest BCUT2D eigenvalue weighted by atomic mass is 16.3. The second-order valence-electron chi connectivity index (χ2n) is 5.33. The van der Waals surface area contributed by atoms with Gasteiger partial charge in [-0.15, -0.1) is 0 Å². The Kier molecular flexibility index (Phi) is 5.55. The van der Waals surface area contributed by atoms with Gasteiger partial charge in [-0.1, -0.05) is 48.5 Å². The van der Waals surface area contributed by atoms with Crippen molar-refractivity contribution >= 4 is 6.03 Å². The van der Waals surface area contributed by atoms with Gasteiger partial charge in [-0.3, -0.25) is 0 Å². The van der Waals surface area contributed by atoms with Crippen LogP contribution in [0.15, 0.2) is 48.5 Å². The minimum atomic E-state index is -0.219. The highest BCUT2D eigenvalue weighted by molar-refractivity contribution is 5.74. The predicted octanol–water partition coefficient (Wildman–Crippen LogP) is 3.05. The minimum absolute atomic E-state index is 0.0287. The summed E-state index contributed by atoms with van der Waals surface area (Å²) in [4.78, 5) is 12.0. The van der Waals surface area contributed by atoms with E-state index >= 15 is 0 Å². The number of amides is 2. The standard InChI is InChI=1S/C18H22N2O2/c1-13-7-3-6-10-17(13)14(2)20-18(22)19-11-15-8-4-5-9-16(15)12-21/h3-10,14,21H,11-12H2,1-2H3,(H2,19,20,22). The molecule has 3 N–H and O–H groups in total. The SMILES string of the molecule is Cc1ccccc1C(C)NC(=O)NCc1ccccc1CO. The lowest BCUT2D eigenvalue weighted by Crippen LogP contribution is -2.37. The van der Waals surface area contributed by atoms with Crippen molar-refractivity contribution in [3.8, 4) is 0 Å². The summed E-state index contributed by atoms with van der Waals surface area (Å²) >= 11 is 0. The van der Waals surface area contributed by atoms with Crippen molar-refractivity contribution in [2.75, 3.05) is 0 Å². The Balaban J connectivity index is 1.92. The number of rotatable bonds is 5. The van der Waals surface area contributed by atoms with Gasteiger partial charge >= 0.3 is 6.03 Å². The van der Waals surface area contributed by atoms with Crippen LogP contribution in [0.2, 0.25) is 0 Å². The first-order valence-electron chi connectivity index (χ1n) is 7.39. The van der Waals surface area contributed by atoms with E-state index in [1.54, 1.807) is 0 Å². The monoisotopic (exact) mass is 298 g/mol. The van der Waals surface area contributed by atoms with Crippen molar-refractivity contribution in [3.05, 3.63) is 70.8 Å². The molecule has 0 radical (unpaired) electrons. The van der Waals surface area contributed by atoms with Gasteiger partial charge in [-0.05, 0) is 36.1 Å². The Morgan fingerprint density at radius 2 is 1.73 bits per heavy atom. The molecule has 0 bridgehead atoms. The van der Waals surface area contributed by atoms with Crippen molar-refractivity contribution in [2.45, 2.75) is 33.0 Å². The molecule has 2 aromatic rings. The second kappa shape index (κ2) is 7.61. The van der Waals surface area contributed by atoms with Crippen LogP contribution in [-0.2, 0) is 13.2 Å². The molecule has 0 saturated carbocycles. The summed E-state index contributed by atoms with van der Waals surface area (Å²) in [6.45, 7) is 4.36. The molecule has 0 heterocycles. The van der Waals surface area contributed by atoms with Crippen LogP contribution in [0, 0.1) is 6.92 Å². The van der Waals surface area contributed by atoms with Gasteiger partial charge in [0.2, 0.25) is 0 Å². The molecule has 0 aromatic heterocycles. The van der Waals surface area contributed by atoms with Gasteiger partial charge in [0.15, 0.2) is 0 Å². The number of urea groups is 1. The lowest BCUT2D eigenvalue weighted by Gasteiger charge is -2.17. The zero-order valence-corrected chi connectivity index (χ0v) is 13.0. The molecule has 1 atom stereocenters. The topological polar surface area (TPSA) is 61.4 Å². The molecule has 4 heteroatoms. The van der Waals surface area contributed by atoms with E-state index in [2.05, 4.69) is 10.6 Å². The van der Waals surface area contributed by atoms with Gasteiger partial charge in [0, 0.05) is 6.54 Å². The predicted molar refractivity (Wildman–Crippen MR) is 87.3 cm³/mol. The molecular formula is C18H22N2O2. The third-order valence-corrected chi connectivity index (χ3v) is 3.73. The summed E-state index contributed by atoms with van der Waals surface area (Å²) in [6.07, 6.45) is 0. The number of hydrogen-bond acceptors (Lipinski definition) is 2. The van der Waals surface area contributed by atoms with Crippen LogP contribution in [0.3, 0.4) is 0 Å². The normalized spacial score (nSPS) is 11.8. The molecule has 1 unspecified atom stereocenters. The maximum atomic E-state index is 12.0. The van der Waals surface area contributed by atoms with Gasteiger partial charge in [0.25, 0.3) is 0 Å². The van der Waals surface area contributed by atoms with E-state index < -0.39 is 0 Å². The Bertz CT molecular complexity index is 640. The molecule has 2 rings (SSSR count). The van der Waals surface area contributed by atoms with Crippen LogP contribution in [0.5, 0.6) is 0 Å². The maximum Gasteiger partial charge on any atom is 0.315 e. The first kappa shape index (κ1) is 16.0. The number of aliphatic hydroxyl groups is 1. The van der Waals surface area contributed by atoms with E-state index in [9.17, 15) is 9.90 Å². The number of hydrogen-bond donors (Lipinski definition) is 3. The Labute approximate surface area is 131 Å². The Morgan fingerprint density at radius 3 is 2.41 bits per heavy atom. The molecule has 0 fully saturated rings. The molecular weight excluding hydrogens is 276 g/mol. The van der Waals surface area contributed by atoms with Crippen molar-refractivity contribution in [1.82, 2.24) is 10.6 Å². The summed E-state index contributed by atoms with van der Waals surface area (Å²) in [5.74, 6) is 0. The van der Waals surface area contributed by atoms with Crippen LogP contribution < -0.4 is 10.6 Å². The largest absolute Gasteiger partial charge is 0.392 e. The number of nitrogens with one attached hydrogen (secondary N) is 2. The lowest BCUT2D eigenvalue weighted by molar-refractivity contribution is 0.237. The summed E-state index contributed by atoms with van der Waals surface area (Å²) in [7, 11) is 0. The summed E-state index contributed by atoms with van der Waals surface area (Å²) in [5.41, 5.74) is 4.01. The first-order chi connectivity index (χ1) is 10.6. The summed E-state index contributed by atoms with van der Waals surface area (Å²) in [6, 6.07) is 15.2. The fourth-order valence-corrected chi connectivity index (χ4v) is 2.46. The molecule has 0 aliphatic carbocycles. The summed E-state index contributed by atoms with van der Waals surface area (Å²) in [5, 5.41) is 15.0. The highest BCUT2D eigenvalue weighted by Gasteiger charge is 2.11. The number of carbonyl (C=O) groups excluding carboxylic acids is 1. The second-order valence-corrected chi connectivity index (χ2v) is 5.33. The van der Waals surface area contributed by atoms with Crippen LogP contribution in [0.4, 0.5) is 4.79 Å². The molecule has 4 nitrogen and oxygen atoms in total. The van der Waals surface area contributed by atoms with E-state index in [0.29, 0.717) is 6.54 Å². The zero-order valence-electron chi connectivity index (χ0n) is 13.0. The van der Waals surface area contributed by atoms with Crippen molar-refractivity contribution in [3.63, 3.8) is 0 Å². The van der Waals surface area contributed by atoms with Crippen LogP contribution >= 0.6 is 0 Å². The van der Waals surface area contributed by atoms with Gasteiger partial charge < -0.3 is 15.7 Å².